The molecular formula is C25H26FN5O6. The van der Waals surface area contributed by atoms with Crippen LogP contribution in [0.15, 0.2) is 41.5 Å². The van der Waals surface area contributed by atoms with Crippen molar-refractivity contribution in [3.05, 3.63) is 58.5 Å². The first kappa shape index (κ1) is 24.6. The molecule has 0 radical (unpaired) electrons. The highest BCUT2D eigenvalue weighted by Crippen LogP contribution is 2.29. The molecule has 0 saturated carbocycles. The molecule has 1 aromatic carbocycles. The summed E-state index contributed by atoms with van der Waals surface area (Å²) in [6.07, 6.45) is 1.84. The Kier molecular flexibility index (Phi) is 6.99. The first-order valence-electron chi connectivity index (χ1n) is 12.0. The second-order valence-electron chi connectivity index (χ2n) is 9.08. The summed E-state index contributed by atoms with van der Waals surface area (Å²) < 4.78 is 26.3. The number of hydrogen-bond donors (Lipinski definition) is 1. The molecule has 2 aliphatic rings. The fourth-order valence-electron chi connectivity index (χ4n) is 4.69. The van der Waals surface area contributed by atoms with Gasteiger partial charge in [0.2, 0.25) is 0 Å². The van der Waals surface area contributed by atoms with Gasteiger partial charge in [-0.2, -0.15) is 0 Å². The predicted octanol–water partition coefficient (Wildman–Crippen LogP) is 1.77. The number of amides is 1. The SMILES string of the molecule is O=C1CCN(CCn2c(=O)cnc3ccc(F)cc32)CC1CN(Cc1cc2c(cn1)OCCO2)C(=O)O. The van der Waals surface area contributed by atoms with Gasteiger partial charge in [0, 0.05) is 51.1 Å². The maximum absolute atomic E-state index is 13.8. The van der Waals surface area contributed by atoms with Crippen LogP contribution >= 0.6 is 0 Å². The Labute approximate surface area is 211 Å². The van der Waals surface area contributed by atoms with Crippen molar-refractivity contribution in [2.75, 3.05) is 39.4 Å². The van der Waals surface area contributed by atoms with Crippen LogP contribution in [-0.2, 0) is 17.9 Å². The second kappa shape index (κ2) is 10.5. The topological polar surface area (TPSA) is 127 Å². The van der Waals surface area contributed by atoms with Gasteiger partial charge in [-0.05, 0) is 18.2 Å². The van der Waals surface area contributed by atoms with Crippen LogP contribution in [0.3, 0.4) is 0 Å². The summed E-state index contributed by atoms with van der Waals surface area (Å²) >= 11 is 0. The third-order valence-electron chi connectivity index (χ3n) is 6.61. The van der Waals surface area contributed by atoms with Crippen LogP contribution in [0.25, 0.3) is 11.0 Å². The fourth-order valence-corrected chi connectivity index (χ4v) is 4.69. The van der Waals surface area contributed by atoms with Crippen LogP contribution in [-0.4, -0.2) is 80.7 Å². The second-order valence-corrected chi connectivity index (χ2v) is 9.08. The molecule has 3 aromatic rings. The van der Waals surface area contributed by atoms with Crippen molar-refractivity contribution in [2.24, 2.45) is 5.92 Å². The van der Waals surface area contributed by atoms with Crippen LogP contribution in [0.5, 0.6) is 11.5 Å². The number of carboxylic acid groups (broad SMARTS) is 1. The van der Waals surface area contributed by atoms with E-state index in [0.717, 1.165) is 0 Å². The Bertz CT molecular complexity index is 1400. The number of aromatic nitrogens is 3. The van der Waals surface area contributed by atoms with Crippen molar-refractivity contribution in [3.8, 4) is 11.5 Å². The van der Waals surface area contributed by atoms with Crippen molar-refractivity contribution >= 4 is 22.9 Å². The summed E-state index contributed by atoms with van der Waals surface area (Å²) in [5.74, 6) is 0.0363. The van der Waals surface area contributed by atoms with Gasteiger partial charge < -0.3 is 28.9 Å². The number of carbonyl (C=O) groups is 2. The van der Waals surface area contributed by atoms with Gasteiger partial charge in [0.15, 0.2) is 11.5 Å². The number of benzene rings is 1. The van der Waals surface area contributed by atoms with E-state index in [1.807, 2.05) is 4.90 Å². The van der Waals surface area contributed by atoms with E-state index in [2.05, 4.69) is 9.97 Å². The number of ketones is 1. The lowest BCUT2D eigenvalue weighted by atomic mass is 9.95. The zero-order valence-electron chi connectivity index (χ0n) is 20.0. The number of fused-ring (bicyclic) bond motifs is 2. The molecule has 1 unspecified atom stereocenters. The monoisotopic (exact) mass is 511 g/mol. The largest absolute Gasteiger partial charge is 0.486 e. The van der Waals surface area contributed by atoms with Gasteiger partial charge in [0.25, 0.3) is 5.56 Å². The fraction of sp³-hybridized carbons (Fsp3) is 0.400. The molecule has 12 heteroatoms. The first-order chi connectivity index (χ1) is 17.9. The van der Waals surface area contributed by atoms with Crippen LogP contribution < -0.4 is 15.0 Å². The standard InChI is InChI=1S/C25H26FN5O6/c26-17-1-2-19-20(9-17)31(24(33)12-28-19)6-5-29-4-3-21(32)16(13-29)14-30(25(34)35)15-18-10-22-23(11-27-18)37-8-7-36-22/h1-2,9-12,16H,3-8,13-15H2,(H,34,35). The molecule has 1 fully saturated rings. The Morgan fingerprint density at radius 2 is 1.92 bits per heavy atom. The van der Waals surface area contributed by atoms with Crippen molar-refractivity contribution in [1.82, 2.24) is 24.3 Å². The number of Topliss-reactive ketones (excluding diaryl/α,β-unsaturated/α-hetero) is 1. The molecule has 37 heavy (non-hydrogen) atoms. The molecule has 1 saturated heterocycles. The molecule has 1 N–H and O–H groups in total. The molecule has 0 spiro atoms. The molecule has 4 heterocycles. The maximum Gasteiger partial charge on any atom is 0.407 e. The van der Waals surface area contributed by atoms with Crippen LogP contribution in [0.2, 0.25) is 0 Å². The van der Waals surface area contributed by atoms with Crippen molar-refractivity contribution in [1.29, 1.82) is 0 Å². The molecule has 2 aromatic heterocycles. The molecular weight excluding hydrogens is 485 g/mol. The molecule has 11 nitrogen and oxygen atoms in total. The van der Waals surface area contributed by atoms with Crippen LogP contribution in [0.1, 0.15) is 12.1 Å². The number of hydrogen-bond acceptors (Lipinski definition) is 8. The third-order valence-corrected chi connectivity index (χ3v) is 6.61. The number of pyridine rings is 1. The summed E-state index contributed by atoms with van der Waals surface area (Å²) in [5.41, 5.74) is 1.06. The zero-order chi connectivity index (χ0) is 25.9. The van der Waals surface area contributed by atoms with E-state index in [4.69, 9.17) is 9.47 Å². The maximum atomic E-state index is 13.8. The molecule has 0 aliphatic carbocycles. The minimum atomic E-state index is -1.15. The number of piperidine rings is 1. The smallest absolute Gasteiger partial charge is 0.407 e. The van der Waals surface area contributed by atoms with Gasteiger partial charge in [0.1, 0.15) is 24.8 Å². The van der Waals surface area contributed by atoms with E-state index < -0.39 is 17.8 Å². The number of carbonyl (C=O) groups excluding carboxylic acids is 1. The molecule has 5 rings (SSSR count). The van der Waals surface area contributed by atoms with Crippen molar-refractivity contribution in [3.63, 3.8) is 0 Å². The lowest BCUT2D eigenvalue weighted by Gasteiger charge is -2.34. The van der Waals surface area contributed by atoms with Gasteiger partial charge in [-0.1, -0.05) is 0 Å². The molecule has 1 amide bonds. The quantitative estimate of drug-likeness (QED) is 0.505. The van der Waals surface area contributed by atoms with Crippen molar-refractivity contribution < 1.29 is 28.6 Å². The summed E-state index contributed by atoms with van der Waals surface area (Å²) in [5, 5.41) is 9.80. The van der Waals surface area contributed by atoms with Gasteiger partial charge in [-0.15, -0.1) is 0 Å². The predicted molar refractivity (Wildman–Crippen MR) is 129 cm³/mol. The minimum absolute atomic E-state index is 0.000282. The van der Waals surface area contributed by atoms with E-state index in [1.165, 1.54) is 40.1 Å². The summed E-state index contributed by atoms with van der Waals surface area (Å²) in [7, 11) is 0. The van der Waals surface area contributed by atoms with E-state index >= 15 is 0 Å². The minimum Gasteiger partial charge on any atom is -0.486 e. The summed E-state index contributed by atoms with van der Waals surface area (Å²) in [6.45, 7) is 2.42. The lowest BCUT2D eigenvalue weighted by molar-refractivity contribution is -0.126. The van der Waals surface area contributed by atoms with E-state index in [-0.39, 0.29) is 37.4 Å². The summed E-state index contributed by atoms with van der Waals surface area (Å²) in [4.78, 5) is 48.6. The third kappa shape index (κ3) is 5.53. The molecule has 0 bridgehead atoms. The number of halogens is 1. The van der Waals surface area contributed by atoms with Gasteiger partial charge in [0.05, 0.1) is 35.7 Å². The van der Waals surface area contributed by atoms with Gasteiger partial charge in [-0.3, -0.25) is 14.6 Å². The van der Waals surface area contributed by atoms with Gasteiger partial charge >= 0.3 is 6.09 Å². The Balaban J connectivity index is 1.25. The Morgan fingerprint density at radius 3 is 2.73 bits per heavy atom. The molecule has 2 aliphatic heterocycles. The Hall–Kier alpha value is -4.06. The highest BCUT2D eigenvalue weighted by atomic mass is 19.1. The number of likely N-dealkylation sites (tertiary alicyclic amines) is 1. The van der Waals surface area contributed by atoms with E-state index in [1.54, 1.807) is 6.07 Å². The average Bonchev–Trinajstić information content (AvgIpc) is 2.89. The average molecular weight is 512 g/mol. The van der Waals surface area contributed by atoms with Gasteiger partial charge in [-0.25, -0.2) is 14.2 Å². The summed E-state index contributed by atoms with van der Waals surface area (Å²) in [6, 6.07) is 5.74. The van der Waals surface area contributed by atoms with E-state index in [0.29, 0.717) is 61.1 Å². The Morgan fingerprint density at radius 1 is 1.11 bits per heavy atom. The molecule has 1 atom stereocenters. The lowest BCUT2D eigenvalue weighted by Crippen LogP contribution is -2.47. The number of rotatable bonds is 7. The number of ether oxygens (including phenoxy) is 2. The number of nitrogens with zero attached hydrogens (tertiary/aromatic N) is 5. The normalized spacial score (nSPS) is 17.6. The van der Waals surface area contributed by atoms with E-state index in [9.17, 15) is 23.9 Å². The molecule has 194 valence electrons. The zero-order valence-corrected chi connectivity index (χ0v) is 20.0. The van der Waals surface area contributed by atoms with Crippen LogP contribution in [0, 0.1) is 11.7 Å². The first-order valence-corrected chi connectivity index (χ1v) is 12.0. The van der Waals surface area contributed by atoms with Crippen LogP contribution in [0.4, 0.5) is 9.18 Å². The van der Waals surface area contributed by atoms with Crippen molar-refractivity contribution in [2.45, 2.75) is 19.5 Å². The highest BCUT2D eigenvalue weighted by Gasteiger charge is 2.30. The highest BCUT2D eigenvalue weighted by molar-refractivity contribution is 5.83.